The average Bonchev–Trinajstić information content (AvgIpc) is 2.87. The van der Waals surface area contributed by atoms with Crippen molar-refractivity contribution in [2.24, 2.45) is 0 Å². The van der Waals surface area contributed by atoms with E-state index < -0.39 is 16.1 Å². The number of carbonyl (C=O) groups excluding carboxylic acids is 2. The van der Waals surface area contributed by atoms with Gasteiger partial charge in [0.25, 0.3) is 0 Å². The molecule has 0 unspecified atom stereocenters. The molecule has 0 saturated carbocycles. The minimum atomic E-state index is -3.61. The minimum Gasteiger partial charge on any atom is -0.352 e. The van der Waals surface area contributed by atoms with Crippen LogP contribution in [0.15, 0.2) is 65.6 Å². The Morgan fingerprint density at radius 3 is 2.09 bits per heavy atom. The molecule has 2 rings (SSSR count). The number of carbonyl (C=O) groups is 2. The third-order valence-electron chi connectivity index (χ3n) is 6.19. The molecular formula is C27H39N3O4S. The second kappa shape index (κ2) is 14.0. The Kier molecular flexibility index (Phi) is 11.4. The molecule has 0 aliphatic heterocycles. The Morgan fingerprint density at radius 2 is 1.51 bits per heavy atom. The number of hydrogen-bond acceptors (Lipinski definition) is 4. The summed E-state index contributed by atoms with van der Waals surface area (Å²) in [6, 6.07) is 17.6. The van der Waals surface area contributed by atoms with Crippen molar-refractivity contribution in [3.8, 4) is 0 Å². The van der Waals surface area contributed by atoms with E-state index in [4.69, 9.17) is 0 Å². The summed E-state index contributed by atoms with van der Waals surface area (Å²) in [5, 5.41) is 3.01. The number of rotatable bonds is 14. The number of sulfonamides is 1. The zero-order valence-electron chi connectivity index (χ0n) is 21.3. The van der Waals surface area contributed by atoms with Gasteiger partial charge in [-0.1, -0.05) is 62.4 Å². The third kappa shape index (κ3) is 8.47. The van der Waals surface area contributed by atoms with Gasteiger partial charge in [-0.3, -0.25) is 9.59 Å². The van der Waals surface area contributed by atoms with E-state index in [1.54, 1.807) is 35.2 Å². The summed E-state index contributed by atoms with van der Waals surface area (Å²) in [5.74, 6) is -0.287. The Morgan fingerprint density at radius 1 is 0.914 bits per heavy atom. The summed E-state index contributed by atoms with van der Waals surface area (Å²) in [7, 11) is -2.09. The van der Waals surface area contributed by atoms with E-state index in [1.807, 2.05) is 51.1 Å². The molecule has 2 aromatic rings. The molecule has 0 aromatic heterocycles. The van der Waals surface area contributed by atoms with Gasteiger partial charge in [-0.25, -0.2) is 12.7 Å². The van der Waals surface area contributed by atoms with Gasteiger partial charge in [0.1, 0.15) is 6.04 Å². The first-order valence-electron chi connectivity index (χ1n) is 12.4. The molecule has 0 saturated heterocycles. The summed E-state index contributed by atoms with van der Waals surface area (Å²) < 4.78 is 26.8. The molecule has 2 amide bonds. The van der Waals surface area contributed by atoms with Gasteiger partial charge in [0.05, 0.1) is 4.90 Å². The average molecular weight is 502 g/mol. The molecule has 35 heavy (non-hydrogen) atoms. The lowest BCUT2D eigenvalue weighted by atomic mass is 10.1. The highest BCUT2D eigenvalue weighted by Gasteiger charge is 2.29. The van der Waals surface area contributed by atoms with Crippen LogP contribution in [0.2, 0.25) is 0 Å². The molecule has 2 atom stereocenters. The van der Waals surface area contributed by atoms with Crippen LogP contribution in [0.25, 0.3) is 0 Å². The van der Waals surface area contributed by atoms with Gasteiger partial charge in [0.15, 0.2) is 0 Å². The topological polar surface area (TPSA) is 86.8 Å². The molecule has 0 aliphatic rings. The first-order chi connectivity index (χ1) is 16.7. The summed E-state index contributed by atoms with van der Waals surface area (Å²) in [6.07, 6.45) is 2.48. The Hall–Kier alpha value is -2.71. The van der Waals surface area contributed by atoms with Crippen molar-refractivity contribution < 1.29 is 18.0 Å². The maximum atomic E-state index is 13.3. The molecular weight excluding hydrogens is 462 g/mol. The lowest BCUT2D eigenvalue weighted by molar-refractivity contribution is -0.141. The van der Waals surface area contributed by atoms with E-state index >= 15 is 0 Å². The van der Waals surface area contributed by atoms with Crippen molar-refractivity contribution in [2.75, 3.05) is 20.1 Å². The van der Waals surface area contributed by atoms with Gasteiger partial charge in [-0.05, 0) is 50.3 Å². The van der Waals surface area contributed by atoms with E-state index in [-0.39, 0.29) is 35.7 Å². The highest BCUT2D eigenvalue weighted by atomic mass is 32.2. The van der Waals surface area contributed by atoms with E-state index in [0.29, 0.717) is 25.8 Å². The highest BCUT2D eigenvalue weighted by molar-refractivity contribution is 7.89. The lowest BCUT2D eigenvalue weighted by Crippen LogP contribution is -2.51. The molecule has 1 N–H and O–H groups in total. The van der Waals surface area contributed by atoms with E-state index in [1.165, 1.54) is 11.4 Å². The summed E-state index contributed by atoms with van der Waals surface area (Å²) in [5.41, 5.74) is 1.09. The maximum Gasteiger partial charge on any atom is 0.243 e. The van der Waals surface area contributed by atoms with Crippen molar-refractivity contribution in [2.45, 2.75) is 69.9 Å². The molecule has 8 heteroatoms. The fraction of sp³-hybridized carbons (Fsp3) is 0.481. The minimum absolute atomic E-state index is 0.0273. The largest absolute Gasteiger partial charge is 0.352 e. The second-order valence-electron chi connectivity index (χ2n) is 8.81. The molecule has 0 bridgehead atoms. The first-order valence-corrected chi connectivity index (χ1v) is 13.8. The number of hydrogen-bond donors (Lipinski definition) is 1. The van der Waals surface area contributed by atoms with Crippen LogP contribution in [0, 0.1) is 0 Å². The van der Waals surface area contributed by atoms with E-state index in [2.05, 4.69) is 5.32 Å². The number of benzene rings is 2. The molecule has 0 fully saturated rings. The lowest BCUT2D eigenvalue weighted by Gasteiger charge is -2.31. The van der Waals surface area contributed by atoms with Gasteiger partial charge in [0, 0.05) is 32.6 Å². The van der Waals surface area contributed by atoms with Crippen LogP contribution in [0.5, 0.6) is 0 Å². The smallest absolute Gasteiger partial charge is 0.243 e. The first kappa shape index (κ1) is 28.5. The fourth-order valence-electron chi connectivity index (χ4n) is 3.83. The summed E-state index contributed by atoms with van der Waals surface area (Å²) >= 11 is 0. The van der Waals surface area contributed by atoms with Crippen LogP contribution in [-0.4, -0.2) is 61.7 Å². The monoisotopic (exact) mass is 501 g/mol. The van der Waals surface area contributed by atoms with Crippen LogP contribution in [0.3, 0.4) is 0 Å². The molecule has 0 radical (unpaired) electrons. The van der Waals surface area contributed by atoms with Gasteiger partial charge >= 0.3 is 0 Å². The van der Waals surface area contributed by atoms with Gasteiger partial charge in [-0.2, -0.15) is 0 Å². The highest BCUT2D eigenvalue weighted by Crippen LogP contribution is 2.16. The van der Waals surface area contributed by atoms with Crippen molar-refractivity contribution in [3.63, 3.8) is 0 Å². The summed E-state index contributed by atoms with van der Waals surface area (Å²) in [6.45, 7) is 6.50. The molecule has 2 aromatic carbocycles. The Balaban J connectivity index is 2.08. The standard InChI is InChI=1S/C27H39N3O4S/c1-5-22(3)28-27(32)25(6-2)30(21-19-23-14-9-7-10-15-23)26(31)18-13-20-29(4)35(33,34)24-16-11-8-12-17-24/h7-12,14-17,22,25H,5-6,13,18-21H2,1-4H3,(H,28,32)/t22-,25+/m1/s1. The Bertz CT molecular complexity index is 1030. The van der Waals surface area contributed by atoms with Crippen molar-refractivity contribution in [1.82, 2.24) is 14.5 Å². The molecule has 0 aliphatic carbocycles. The van der Waals surface area contributed by atoms with Crippen molar-refractivity contribution in [1.29, 1.82) is 0 Å². The third-order valence-corrected chi connectivity index (χ3v) is 8.06. The number of nitrogens with one attached hydrogen (secondary N) is 1. The zero-order valence-corrected chi connectivity index (χ0v) is 22.1. The summed E-state index contributed by atoms with van der Waals surface area (Å²) in [4.78, 5) is 28.2. The molecule has 0 heterocycles. The van der Waals surface area contributed by atoms with Gasteiger partial charge in [-0.15, -0.1) is 0 Å². The van der Waals surface area contributed by atoms with Crippen LogP contribution in [0.4, 0.5) is 0 Å². The predicted octanol–water partition coefficient (Wildman–Crippen LogP) is 3.85. The van der Waals surface area contributed by atoms with Gasteiger partial charge in [0.2, 0.25) is 21.8 Å². The fourth-order valence-corrected chi connectivity index (χ4v) is 5.06. The second-order valence-corrected chi connectivity index (χ2v) is 10.9. The number of amides is 2. The number of nitrogens with zero attached hydrogens (tertiary/aromatic N) is 2. The van der Waals surface area contributed by atoms with E-state index in [9.17, 15) is 18.0 Å². The van der Waals surface area contributed by atoms with Crippen molar-refractivity contribution >= 4 is 21.8 Å². The Labute approximate surface area is 210 Å². The predicted molar refractivity (Wildman–Crippen MR) is 139 cm³/mol. The van der Waals surface area contributed by atoms with Crippen LogP contribution in [0.1, 0.15) is 52.0 Å². The van der Waals surface area contributed by atoms with Crippen LogP contribution in [-0.2, 0) is 26.0 Å². The van der Waals surface area contributed by atoms with Gasteiger partial charge < -0.3 is 10.2 Å². The molecule has 0 spiro atoms. The SMILES string of the molecule is CC[C@@H](C)NC(=O)[C@H](CC)N(CCc1ccccc1)C(=O)CCCN(C)S(=O)(=O)c1ccccc1. The maximum absolute atomic E-state index is 13.3. The zero-order chi connectivity index (χ0) is 25.8. The van der Waals surface area contributed by atoms with Crippen LogP contribution >= 0.6 is 0 Å². The normalized spacial score (nSPS) is 13.3. The van der Waals surface area contributed by atoms with Crippen LogP contribution < -0.4 is 5.32 Å². The molecule has 192 valence electrons. The van der Waals surface area contributed by atoms with E-state index in [0.717, 1.165) is 12.0 Å². The quantitative estimate of drug-likeness (QED) is 0.426. The molecule has 7 nitrogen and oxygen atoms in total. The van der Waals surface area contributed by atoms with Crippen molar-refractivity contribution in [3.05, 3.63) is 66.2 Å².